The Morgan fingerprint density at radius 2 is 1.70 bits per heavy atom. The van der Waals surface area contributed by atoms with E-state index in [0.717, 1.165) is 18.2 Å². The lowest BCUT2D eigenvalue weighted by atomic mass is 9.99. The second kappa shape index (κ2) is 5.42. The highest BCUT2D eigenvalue weighted by Crippen LogP contribution is 2.33. The summed E-state index contributed by atoms with van der Waals surface area (Å²) >= 11 is 5.58. The molecule has 0 aromatic heterocycles. The van der Waals surface area contributed by atoms with Crippen molar-refractivity contribution in [3.8, 4) is 0 Å². The van der Waals surface area contributed by atoms with E-state index in [0.29, 0.717) is 0 Å². The van der Waals surface area contributed by atoms with Crippen molar-refractivity contribution >= 4 is 11.6 Å². The van der Waals surface area contributed by atoms with Gasteiger partial charge in [0.05, 0.1) is 10.6 Å². The van der Waals surface area contributed by atoms with Crippen LogP contribution in [0.1, 0.15) is 22.8 Å². The molecule has 2 aromatic rings. The molecule has 0 radical (unpaired) electrons. The van der Waals surface area contributed by atoms with Gasteiger partial charge in [0.15, 0.2) is 0 Å². The second-order valence-electron chi connectivity index (χ2n) is 4.17. The third-order valence-corrected chi connectivity index (χ3v) is 3.10. The minimum atomic E-state index is -4.53. The van der Waals surface area contributed by atoms with Gasteiger partial charge in [0.1, 0.15) is 11.9 Å². The second-order valence-corrected chi connectivity index (χ2v) is 4.58. The Morgan fingerprint density at radius 1 is 1.05 bits per heavy atom. The van der Waals surface area contributed by atoms with Crippen molar-refractivity contribution in [1.82, 2.24) is 0 Å². The number of hydrogen-bond acceptors (Lipinski definition) is 1. The van der Waals surface area contributed by atoms with Gasteiger partial charge in [-0.3, -0.25) is 0 Å². The molecule has 0 saturated heterocycles. The van der Waals surface area contributed by atoms with Gasteiger partial charge in [-0.2, -0.15) is 13.2 Å². The van der Waals surface area contributed by atoms with E-state index in [4.69, 9.17) is 11.6 Å². The van der Waals surface area contributed by atoms with Gasteiger partial charge >= 0.3 is 6.18 Å². The number of rotatable bonds is 2. The van der Waals surface area contributed by atoms with E-state index in [-0.39, 0.29) is 16.1 Å². The highest BCUT2D eigenvalue weighted by atomic mass is 35.5. The van der Waals surface area contributed by atoms with Crippen LogP contribution in [-0.4, -0.2) is 5.11 Å². The van der Waals surface area contributed by atoms with Crippen molar-refractivity contribution in [2.45, 2.75) is 12.3 Å². The molecule has 0 aliphatic rings. The summed E-state index contributed by atoms with van der Waals surface area (Å²) in [5.41, 5.74) is -1.13. The predicted molar refractivity (Wildman–Crippen MR) is 66.9 cm³/mol. The van der Waals surface area contributed by atoms with E-state index in [1.807, 2.05) is 0 Å². The zero-order valence-corrected chi connectivity index (χ0v) is 10.7. The van der Waals surface area contributed by atoms with E-state index >= 15 is 0 Å². The normalized spacial score (nSPS) is 13.3. The lowest BCUT2D eigenvalue weighted by Crippen LogP contribution is -2.08. The van der Waals surface area contributed by atoms with Gasteiger partial charge in [0.2, 0.25) is 0 Å². The molecule has 1 unspecified atom stereocenters. The molecule has 0 spiro atoms. The van der Waals surface area contributed by atoms with E-state index in [9.17, 15) is 22.7 Å². The lowest BCUT2D eigenvalue weighted by molar-refractivity contribution is -0.137. The summed E-state index contributed by atoms with van der Waals surface area (Å²) in [4.78, 5) is 0. The van der Waals surface area contributed by atoms with Crippen LogP contribution in [0.2, 0.25) is 5.02 Å². The predicted octanol–water partition coefficient (Wildman–Crippen LogP) is 4.58. The Balaban J connectivity index is 2.44. The van der Waals surface area contributed by atoms with Gasteiger partial charge in [0, 0.05) is 5.56 Å². The molecule has 0 bridgehead atoms. The molecule has 0 fully saturated rings. The molecule has 2 aromatic carbocycles. The molecule has 6 heteroatoms. The van der Waals surface area contributed by atoms with Crippen molar-refractivity contribution in [3.05, 3.63) is 70.0 Å². The van der Waals surface area contributed by atoms with E-state index in [1.54, 1.807) is 0 Å². The molecular weight excluding hydrogens is 296 g/mol. The fourth-order valence-electron chi connectivity index (χ4n) is 1.80. The van der Waals surface area contributed by atoms with E-state index in [1.165, 1.54) is 24.3 Å². The molecule has 0 aliphatic heterocycles. The van der Waals surface area contributed by atoms with Crippen molar-refractivity contribution in [2.75, 3.05) is 0 Å². The smallest absolute Gasteiger partial charge is 0.384 e. The maximum absolute atomic E-state index is 13.8. The number of halogens is 5. The van der Waals surface area contributed by atoms with Crippen molar-refractivity contribution < 1.29 is 22.7 Å². The lowest BCUT2D eigenvalue weighted by Gasteiger charge is -2.15. The van der Waals surface area contributed by atoms with Gasteiger partial charge in [-0.15, -0.1) is 0 Å². The summed E-state index contributed by atoms with van der Waals surface area (Å²) < 4.78 is 51.6. The van der Waals surface area contributed by atoms with Gasteiger partial charge < -0.3 is 5.11 Å². The third-order valence-electron chi connectivity index (χ3n) is 2.81. The molecule has 0 saturated carbocycles. The SMILES string of the molecule is OC(c1cccc(C(F)(F)F)c1)c1cccc(Cl)c1F. The molecular formula is C14H9ClF4O. The zero-order chi connectivity index (χ0) is 14.9. The quantitative estimate of drug-likeness (QED) is 0.805. The van der Waals surface area contributed by atoms with Gasteiger partial charge in [-0.05, 0) is 23.8 Å². The number of hydrogen-bond donors (Lipinski definition) is 1. The molecule has 1 N–H and O–H groups in total. The van der Waals surface area contributed by atoms with Crippen LogP contribution in [0.5, 0.6) is 0 Å². The standard InChI is InChI=1S/C14H9ClF4O/c15-11-6-2-5-10(12(11)16)13(20)8-3-1-4-9(7-8)14(17,18)19/h1-7,13,20H. The molecule has 1 atom stereocenters. The summed E-state index contributed by atoms with van der Waals surface area (Å²) in [6.07, 6.45) is -6.04. The van der Waals surface area contributed by atoms with Crippen LogP contribution in [0.4, 0.5) is 17.6 Å². The maximum Gasteiger partial charge on any atom is 0.416 e. The Morgan fingerprint density at radius 3 is 2.35 bits per heavy atom. The average Bonchev–Trinajstić information content (AvgIpc) is 2.40. The monoisotopic (exact) mass is 304 g/mol. The summed E-state index contributed by atoms with van der Waals surface area (Å²) in [6.45, 7) is 0. The first kappa shape index (κ1) is 14.8. The van der Waals surface area contributed by atoms with Gasteiger partial charge in [0.25, 0.3) is 0 Å². The van der Waals surface area contributed by atoms with E-state index in [2.05, 4.69) is 0 Å². The summed E-state index contributed by atoms with van der Waals surface area (Å²) in [6, 6.07) is 8.09. The Bertz CT molecular complexity index is 625. The highest BCUT2D eigenvalue weighted by molar-refractivity contribution is 6.30. The third kappa shape index (κ3) is 2.94. The van der Waals surface area contributed by atoms with Crippen LogP contribution in [0.3, 0.4) is 0 Å². The molecule has 20 heavy (non-hydrogen) atoms. The fourth-order valence-corrected chi connectivity index (χ4v) is 1.98. The summed E-state index contributed by atoms with van der Waals surface area (Å²) in [7, 11) is 0. The summed E-state index contributed by atoms with van der Waals surface area (Å²) in [5.74, 6) is -0.848. The van der Waals surface area contributed by atoms with E-state index < -0.39 is 23.7 Å². The van der Waals surface area contributed by atoms with Gasteiger partial charge in [-0.25, -0.2) is 4.39 Å². The maximum atomic E-state index is 13.8. The first-order valence-electron chi connectivity index (χ1n) is 5.60. The highest BCUT2D eigenvalue weighted by Gasteiger charge is 2.31. The van der Waals surface area contributed by atoms with Crippen LogP contribution in [0.25, 0.3) is 0 Å². The minimum Gasteiger partial charge on any atom is -0.384 e. The van der Waals surface area contributed by atoms with Crippen LogP contribution >= 0.6 is 11.6 Å². The van der Waals surface area contributed by atoms with Crippen LogP contribution in [0.15, 0.2) is 42.5 Å². The number of benzene rings is 2. The first-order valence-corrected chi connectivity index (χ1v) is 5.97. The average molecular weight is 305 g/mol. The molecule has 106 valence electrons. The fraction of sp³-hybridized carbons (Fsp3) is 0.143. The van der Waals surface area contributed by atoms with Crippen molar-refractivity contribution in [3.63, 3.8) is 0 Å². The Hall–Kier alpha value is -1.59. The number of aliphatic hydroxyl groups is 1. The first-order chi connectivity index (χ1) is 9.30. The van der Waals surface area contributed by atoms with Gasteiger partial charge in [-0.1, -0.05) is 35.9 Å². The van der Waals surface area contributed by atoms with Crippen molar-refractivity contribution in [1.29, 1.82) is 0 Å². The number of aliphatic hydroxyl groups excluding tert-OH is 1. The molecule has 0 amide bonds. The van der Waals surface area contributed by atoms with Crippen LogP contribution < -0.4 is 0 Å². The number of alkyl halides is 3. The Labute approximate surface area is 117 Å². The largest absolute Gasteiger partial charge is 0.416 e. The summed E-state index contributed by atoms with van der Waals surface area (Å²) in [5, 5.41) is 9.82. The van der Waals surface area contributed by atoms with Crippen molar-refractivity contribution in [2.24, 2.45) is 0 Å². The Kier molecular flexibility index (Phi) is 4.01. The topological polar surface area (TPSA) is 20.2 Å². The molecule has 1 nitrogen and oxygen atoms in total. The molecule has 0 heterocycles. The van der Waals surface area contributed by atoms with Crippen LogP contribution in [0, 0.1) is 5.82 Å². The van der Waals surface area contributed by atoms with Crippen LogP contribution in [-0.2, 0) is 6.18 Å². The minimum absolute atomic E-state index is 0.0546. The zero-order valence-electron chi connectivity index (χ0n) is 9.96. The molecule has 2 rings (SSSR count). The molecule has 0 aliphatic carbocycles.